The summed E-state index contributed by atoms with van der Waals surface area (Å²) >= 11 is 11.1. The van der Waals surface area contributed by atoms with Crippen molar-refractivity contribution in [3.05, 3.63) is 64.7 Å². The van der Waals surface area contributed by atoms with Crippen LogP contribution in [-0.4, -0.2) is 29.0 Å². The summed E-state index contributed by atoms with van der Waals surface area (Å²) < 4.78 is 5.20. The Morgan fingerprint density at radius 1 is 1.24 bits per heavy atom. The van der Waals surface area contributed by atoms with Crippen LogP contribution < -0.4 is 20.1 Å². The summed E-state index contributed by atoms with van der Waals surface area (Å²) in [4.78, 5) is 37.2. The van der Waals surface area contributed by atoms with E-state index in [1.807, 2.05) is 0 Å². The highest BCUT2D eigenvalue weighted by atomic mass is 35.5. The molecule has 0 aliphatic carbocycles. The van der Waals surface area contributed by atoms with Gasteiger partial charge < -0.3 is 14.6 Å². The maximum atomic E-state index is 12.9. The number of rotatable bonds is 5. The van der Waals surface area contributed by atoms with E-state index in [4.69, 9.17) is 28.6 Å². The molecule has 2 amide bonds. The fourth-order valence-corrected chi connectivity index (χ4v) is 3.03. The number of carbonyl (C=O) groups is 3. The smallest absolute Gasteiger partial charge is 0.270 e. The number of nitrogens with zero attached hydrogens (tertiary/aromatic N) is 1. The Bertz CT molecular complexity index is 1040. The first-order chi connectivity index (χ1) is 13.8. The second kappa shape index (κ2) is 8.42. The predicted molar refractivity (Wildman–Crippen MR) is 109 cm³/mol. The van der Waals surface area contributed by atoms with E-state index >= 15 is 0 Å². The number of ether oxygens (including phenoxy) is 1. The minimum absolute atomic E-state index is 0.0422. The number of aliphatic carboxylic acids is 1. The highest BCUT2D eigenvalue weighted by Gasteiger charge is 2.34. The fraction of sp³-hybridized carbons (Fsp3) is 0.100. The first-order valence-electron chi connectivity index (χ1n) is 8.41. The van der Waals surface area contributed by atoms with Crippen molar-refractivity contribution in [2.45, 2.75) is 13.0 Å². The number of amides is 2. The SMILES string of the molecule is C[C@@H](Oc1ccc(/C=C2/C(=O)NC(=S)N(c3cccc(Cl)c3)C2=O)cc1)C(=O)[O-]. The van der Waals surface area contributed by atoms with E-state index in [0.29, 0.717) is 22.0 Å². The molecule has 7 nitrogen and oxygen atoms in total. The Morgan fingerprint density at radius 3 is 2.55 bits per heavy atom. The molecule has 0 radical (unpaired) electrons. The summed E-state index contributed by atoms with van der Waals surface area (Å²) in [5.74, 6) is -2.24. The van der Waals surface area contributed by atoms with Gasteiger partial charge in [0.15, 0.2) is 5.11 Å². The highest BCUT2D eigenvalue weighted by molar-refractivity contribution is 7.80. The number of nitrogens with one attached hydrogen (secondary N) is 1. The first kappa shape index (κ1) is 20.5. The van der Waals surface area contributed by atoms with Crippen LogP contribution in [0, 0.1) is 0 Å². The normalized spacial score (nSPS) is 16.6. The maximum Gasteiger partial charge on any atom is 0.270 e. The van der Waals surface area contributed by atoms with Gasteiger partial charge >= 0.3 is 0 Å². The van der Waals surface area contributed by atoms with Gasteiger partial charge in [0.05, 0.1) is 11.7 Å². The molecular weight excluding hydrogens is 416 g/mol. The van der Waals surface area contributed by atoms with Gasteiger partial charge in [0.2, 0.25) is 0 Å². The monoisotopic (exact) mass is 429 g/mol. The third-order valence-corrected chi connectivity index (χ3v) is 4.52. The first-order valence-corrected chi connectivity index (χ1v) is 9.19. The zero-order valence-electron chi connectivity index (χ0n) is 15.0. The van der Waals surface area contributed by atoms with Crippen LogP contribution in [0.25, 0.3) is 6.08 Å². The summed E-state index contributed by atoms with van der Waals surface area (Å²) in [7, 11) is 0. The van der Waals surface area contributed by atoms with E-state index in [2.05, 4.69) is 5.32 Å². The molecule has 0 bridgehead atoms. The van der Waals surface area contributed by atoms with Gasteiger partial charge in [-0.05, 0) is 61.1 Å². The number of anilines is 1. The molecule has 1 saturated heterocycles. The number of carbonyl (C=O) groups excluding carboxylic acids is 3. The molecule has 0 saturated carbocycles. The highest BCUT2D eigenvalue weighted by Crippen LogP contribution is 2.25. The molecule has 2 aromatic rings. The van der Waals surface area contributed by atoms with Crippen molar-refractivity contribution in [1.29, 1.82) is 0 Å². The maximum absolute atomic E-state index is 12.9. The molecule has 1 atom stereocenters. The quantitative estimate of drug-likeness (QED) is 0.441. The minimum atomic E-state index is -1.34. The summed E-state index contributed by atoms with van der Waals surface area (Å²) in [6.45, 7) is 1.35. The molecule has 29 heavy (non-hydrogen) atoms. The number of hydrogen-bond donors (Lipinski definition) is 1. The Kier molecular flexibility index (Phi) is 5.95. The lowest BCUT2D eigenvalue weighted by molar-refractivity contribution is -0.312. The van der Waals surface area contributed by atoms with Gasteiger partial charge in [0.25, 0.3) is 11.8 Å². The van der Waals surface area contributed by atoms with E-state index in [1.165, 1.54) is 30.0 Å². The lowest BCUT2D eigenvalue weighted by Crippen LogP contribution is -2.54. The molecule has 9 heteroatoms. The Balaban J connectivity index is 1.87. The van der Waals surface area contributed by atoms with E-state index in [0.717, 1.165) is 0 Å². The molecule has 1 aliphatic heterocycles. The average molecular weight is 430 g/mol. The lowest BCUT2D eigenvalue weighted by atomic mass is 10.1. The molecule has 1 heterocycles. The van der Waals surface area contributed by atoms with Crippen LogP contribution in [0.5, 0.6) is 5.75 Å². The van der Waals surface area contributed by atoms with Crippen molar-refractivity contribution in [1.82, 2.24) is 5.32 Å². The molecule has 3 rings (SSSR count). The molecular formula is C20H14ClN2O5S-. The average Bonchev–Trinajstić information content (AvgIpc) is 2.66. The van der Waals surface area contributed by atoms with Gasteiger partial charge in [-0.2, -0.15) is 0 Å². The number of carboxylic acid groups (broad SMARTS) is 1. The standard InChI is InChI=1S/C20H15ClN2O5S/c1-11(19(26)27)28-15-7-5-12(6-8-15)9-16-17(24)22-20(29)23(18(16)25)14-4-2-3-13(21)10-14/h2-11H,1H3,(H,26,27)(H,22,24,29)/p-1/b16-9-/t11-/m1/s1. The van der Waals surface area contributed by atoms with Crippen molar-refractivity contribution in [3.8, 4) is 5.75 Å². The van der Waals surface area contributed by atoms with Crippen LogP contribution in [0.15, 0.2) is 54.1 Å². The van der Waals surface area contributed by atoms with Gasteiger partial charge in [-0.3, -0.25) is 19.8 Å². The van der Waals surface area contributed by atoms with E-state index in [1.54, 1.807) is 36.4 Å². The third-order valence-electron chi connectivity index (χ3n) is 4.00. The molecule has 1 fully saturated rings. The second-order valence-electron chi connectivity index (χ2n) is 6.09. The van der Waals surface area contributed by atoms with Gasteiger partial charge in [0, 0.05) is 5.02 Å². The number of halogens is 1. The number of hydrogen-bond acceptors (Lipinski definition) is 6. The Morgan fingerprint density at radius 2 is 1.93 bits per heavy atom. The van der Waals surface area contributed by atoms with E-state index in [9.17, 15) is 19.5 Å². The second-order valence-corrected chi connectivity index (χ2v) is 6.91. The Hall–Kier alpha value is -3.23. The van der Waals surface area contributed by atoms with E-state index < -0.39 is 23.9 Å². The molecule has 1 N–H and O–H groups in total. The zero-order valence-corrected chi connectivity index (χ0v) is 16.6. The van der Waals surface area contributed by atoms with Crippen molar-refractivity contribution in [2.24, 2.45) is 0 Å². The van der Waals surface area contributed by atoms with Crippen molar-refractivity contribution in [2.75, 3.05) is 4.90 Å². The van der Waals surface area contributed by atoms with Crippen molar-refractivity contribution >= 4 is 58.5 Å². The predicted octanol–water partition coefficient (Wildman–Crippen LogP) is 1.69. The van der Waals surface area contributed by atoms with Crippen LogP contribution in [0.4, 0.5) is 5.69 Å². The van der Waals surface area contributed by atoms with Crippen molar-refractivity contribution < 1.29 is 24.2 Å². The summed E-state index contributed by atoms with van der Waals surface area (Å²) in [5, 5.41) is 13.6. The van der Waals surface area contributed by atoms with Crippen LogP contribution in [0.3, 0.4) is 0 Å². The molecule has 1 aliphatic rings. The van der Waals surface area contributed by atoms with Crippen molar-refractivity contribution in [3.63, 3.8) is 0 Å². The van der Waals surface area contributed by atoms with Crippen LogP contribution in [0.2, 0.25) is 5.02 Å². The van der Waals surface area contributed by atoms with Gasteiger partial charge in [-0.15, -0.1) is 0 Å². The molecule has 148 valence electrons. The van der Waals surface area contributed by atoms with Gasteiger partial charge in [-0.1, -0.05) is 29.8 Å². The van der Waals surface area contributed by atoms with Crippen LogP contribution >= 0.6 is 23.8 Å². The topological polar surface area (TPSA) is 98.8 Å². The summed E-state index contributed by atoms with van der Waals surface area (Å²) in [6.07, 6.45) is 0.292. The van der Waals surface area contributed by atoms with Crippen LogP contribution in [-0.2, 0) is 14.4 Å². The molecule has 0 aromatic heterocycles. The molecule has 0 spiro atoms. The van der Waals surface area contributed by atoms with Gasteiger partial charge in [0.1, 0.15) is 17.4 Å². The Labute approximate surface area is 176 Å². The lowest BCUT2D eigenvalue weighted by Gasteiger charge is -2.29. The number of carboxylic acids is 1. The third kappa shape index (κ3) is 4.61. The number of thiocarbonyl (C=S) groups is 1. The molecule has 0 unspecified atom stereocenters. The fourth-order valence-electron chi connectivity index (χ4n) is 2.57. The van der Waals surface area contributed by atoms with Crippen LogP contribution in [0.1, 0.15) is 12.5 Å². The summed E-state index contributed by atoms with van der Waals surface area (Å²) in [6, 6.07) is 12.7. The van der Waals surface area contributed by atoms with E-state index in [-0.39, 0.29) is 10.7 Å². The largest absolute Gasteiger partial charge is 0.546 e. The molecule has 2 aromatic carbocycles. The minimum Gasteiger partial charge on any atom is -0.546 e. The zero-order chi connectivity index (χ0) is 21.1. The summed E-state index contributed by atoms with van der Waals surface area (Å²) in [5.41, 5.74) is 0.851. The van der Waals surface area contributed by atoms with Gasteiger partial charge in [-0.25, -0.2) is 0 Å². The number of benzene rings is 2.